The minimum absolute atomic E-state index is 0.309. The molecule has 1 fully saturated rings. The van der Waals surface area contributed by atoms with Crippen LogP contribution in [-0.4, -0.2) is 6.29 Å². The highest BCUT2D eigenvalue weighted by atomic mass is 31.1. The molecular weight excluding hydrogens is 175 g/mol. The Morgan fingerprint density at radius 2 is 1.92 bits per heavy atom. The molecule has 0 aromatic heterocycles. The summed E-state index contributed by atoms with van der Waals surface area (Å²) in [6.45, 7) is 0. The zero-order chi connectivity index (χ0) is 8.39. The fourth-order valence-electron chi connectivity index (χ4n) is 1.08. The lowest BCUT2D eigenvalue weighted by Gasteiger charge is -2.10. The third-order valence-electron chi connectivity index (χ3n) is 1.65. The van der Waals surface area contributed by atoms with Crippen LogP contribution in [0.4, 0.5) is 0 Å². The van der Waals surface area contributed by atoms with Gasteiger partial charge in [0.05, 0.1) is 0 Å². The van der Waals surface area contributed by atoms with Gasteiger partial charge in [0.2, 0.25) is 0 Å². The number of hydrogen-bond acceptors (Lipinski definition) is 3. The monoisotopic (exact) mass is 183 g/mol. The maximum Gasteiger partial charge on any atom is 0.703 e. The summed E-state index contributed by atoms with van der Waals surface area (Å²) >= 11 is 0. The molecule has 0 amide bonds. The fraction of sp³-hybridized carbons (Fsp3) is 0.250. The van der Waals surface area contributed by atoms with Crippen LogP contribution in [0.5, 0.6) is 0 Å². The van der Waals surface area contributed by atoms with Crippen molar-refractivity contribution in [3.63, 3.8) is 0 Å². The maximum absolute atomic E-state index is 10.4. The van der Waals surface area contributed by atoms with Gasteiger partial charge in [-0.05, 0) is 5.56 Å². The van der Waals surface area contributed by atoms with E-state index in [0.717, 1.165) is 5.56 Å². The van der Waals surface area contributed by atoms with E-state index >= 15 is 0 Å². The SMILES string of the molecule is O=[P+]1OC(Cc2ccccc2)O1. The molecule has 1 aliphatic rings. The first-order valence-electron chi connectivity index (χ1n) is 3.69. The summed E-state index contributed by atoms with van der Waals surface area (Å²) < 4.78 is 20.1. The van der Waals surface area contributed by atoms with Crippen molar-refractivity contribution in [2.45, 2.75) is 12.7 Å². The Bertz CT molecular complexity index is 278. The second kappa shape index (κ2) is 3.31. The molecule has 0 unspecified atom stereocenters. The topological polar surface area (TPSA) is 35.5 Å². The zero-order valence-electron chi connectivity index (χ0n) is 6.34. The normalized spacial score (nSPS) is 25.0. The zero-order valence-corrected chi connectivity index (χ0v) is 7.24. The molecular formula is C8H8O3P+. The molecule has 0 bridgehead atoms. The molecule has 0 atom stereocenters. The average molecular weight is 183 g/mol. The Hall–Kier alpha value is -0.760. The predicted molar refractivity (Wildman–Crippen MR) is 43.7 cm³/mol. The van der Waals surface area contributed by atoms with Crippen LogP contribution < -0.4 is 0 Å². The van der Waals surface area contributed by atoms with Crippen molar-refractivity contribution >= 4 is 8.25 Å². The highest BCUT2D eigenvalue weighted by Crippen LogP contribution is 2.40. The van der Waals surface area contributed by atoms with Gasteiger partial charge in [-0.15, -0.1) is 0 Å². The second-order valence-electron chi connectivity index (χ2n) is 2.55. The van der Waals surface area contributed by atoms with E-state index in [1.807, 2.05) is 30.3 Å². The molecule has 1 saturated heterocycles. The van der Waals surface area contributed by atoms with Crippen LogP contribution in [0, 0.1) is 0 Å². The van der Waals surface area contributed by atoms with Gasteiger partial charge in [0.25, 0.3) is 6.29 Å². The quantitative estimate of drug-likeness (QED) is 0.659. The van der Waals surface area contributed by atoms with Gasteiger partial charge in [-0.2, -0.15) is 0 Å². The molecule has 1 aromatic rings. The standard InChI is InChI=1S/C8H8O3P/c9-12-10-8(11-12)6-7-4-2-1-3-5-7/h1-5,8H,6H2/q+1. The van der Waals surface area contributed by atoms with Crippen LogP contribution in [0.25, 0.3) is 0 Å². The van der Waals surface area contributed by atoms with E-state index in [4.69, 9.17) is 9.05 Å². The summed E-state index contributed by atoms with van der Waals surface area (Å²) in [5, 5.41) is 0. The number of rotatable bonds is 2. The molecule has 0 radical (unpaired) electrons. The first-order valence-corrected chi connectivity index (χ1v) is 4.79. The van der Waals surface area contributed by atoms with Gasteiger partial charge < -0.3 is 0 Å². The van der Waals surface area contributed by atoms with Gasteiger partial charge in [-0.3, -0.25) is 0 Å². The molecule has 1 aromatic carbocycles. The van der Waals surface area contributed by atoms with Crippen molar-refractivity contribution in [2.75, 3.05) is 0 Å². The lowest BCUT2D eigenvalue weighted by atomic mass is 10.1. The molecule has 2 rings (SSSR count). The molecule has 3 nitrogen and oxygen atoms in total. The van der Waals surface area contributed by atoms with E-state index in [2.05, 4.69) is 0 Å². The van der Waals surface area contributed by atoms with Crippen LogP contribution >= 0.6 is 8.25 Å². The summed E-state index contributed by atoms with van der Waals surface area (Å²) in [6.07, 6.45) is 0.359. The molecule has 1 aliphatic heterocycles. The van der Waals surface area contributed by atoms with Crippen molar-refractivity contribution in [2.24, 2.45) is 0 Å². The van der Waals surface area contributed by atoms with Gasteiger partial charge in [-0.25, -0.2) is 0 Å². The van der Waals surface area contributed by atoms with Crippen molar-refractivity contribution < 1.29 is 13.6 Å². The third kappa shape index (κ3) is 1.69. The van der Waals surface area contributed by atoms with Crippen LogP contribution in [0.1, 0.15) is 5.56 Å². The van der Waals surface area contributed by atoms with Crippen LogP contribution in [0.2, 0.25) is 0 Å². The molecule has 4 heteroatoms. The Balaban J connectivity index is 1.92. The largest absolute Gasteiger partial charge is 0.703 e. The minimum atomic E-state index is -1.80. The van der Waals surface area contributed by atoms with Crippen molar-refractivity contribution in [3.05, 3.63) is 35.9 Å². The van der Waals surface area contributed by atoms with E-state index in [1.54, 1.807) is 0 Å². The summed E-state index contributed by atoms with van der Waals surface area (Å²) in [5.41, 5.74) is 1.13. The minimum Gasteiger partial charge on any atom is -0.0812 e. The molecule has 62 valence electrons. The summed E-state index contributed by atoms with van der Waals surface area (Å²) in [6, 6.07) is 9.82. The Morgan fingerprint density at radius 1 is 1.25 bits per heavy atom. The molecule has 0 spiro atoms. The first kappa shape index (κ1) is 7.87. The van der Waals surface area contributed by atoms with Crippen molar-refractivity contribution in [3.8, 4) is 0 Å². The van der Waals surface area contributed by atoms with Gasteiger partial charge >= 0.3 is 8.25 Å². The van der Waals surface area contributed by atoms with Crippen molar-refractivity contribution in [1.82, 2.24) is 0 Å². The van der Waals surface area contributed by atoms with Gasteiger partial charge in [0.15, 0.2) is 0 Å². The highest BCUT2D eigenvalue weighted by Gasteiger charge is 2.45. The van der Waals surface area contributed by atoms with E-state index in [0.29, 0.717) is 6.42 Å². The fourth-order valence-corrected chi connectivity index (χ4v) is 1.63. The van der Waals surface area contributed by atoms with Crippen LogP contribution in [0.3, 0.4) is 0 Å². The maximum atomic E-state index is 10.4. The van der Waals surface area contributed by atoms with E-state index < -0.39 is 8.25 Å². The summed E-state index contributed by atoms with van der Waals surface area (Å²) in [4.78, 5) is 0. The molecule has 1 heterocycles. The lowest BCUT2D eigenvalue weighted by molar-refractivity contribution is -0.0752. The highest BCUT2D eigenvalue weighted by molar-refractivity contribution is 7.34. The summed E-state index contributed by atoms with van der Waals surface area (Å²) in [5.74, 6) is 0. The second-order valence-corrected chi connectivity index (χ2v) is 3.42. The van der Waals surface area contributed by atoms with Gasteiger partial charge in [-0.1, -0.05) is 39.4 Å². The Morgan fingerprint density at radius 3 is 2.50 bits per heavy atom. The Labute approximate surface area is 71.3 Å². The molecule has 0 N–H and O–H groups in total. The van der Waals surface area contributed by atoms with Crippen molar-refractivity contribution in [1.29, 1.82) is 0 Å². The number of hydrogen-bond donors (Lipinski definition) is 0. The lowest BCUT2D eigenvalue weighted by Crippen LogP contribution is -2.22. The third-order valence-corrected chi connectivity index (χ3v) is 2.47. The van der Waals surface area contributed by atoms with E-state index in [-0.39, 0.29) is 6.29 Å². The Kier molecular flexibility index (Phi) is 2.17. The first-order chi connectivity index (χ1) is 5.84. The molecule has 12 heavy (non-hydrogen) atoms. The summed E-state index contributed by atoms with van der Waals surface area (Å²) in [7, 11) is -1.80. The molecule has 0 aliphatic carbocycles. The number of benzene rings is 1. The van der Waals surface area contributed by atoms with Gasteiger partial charge in [0, 0.05) is 11.0 Å². The van der Waals surface area contributed by atoms with E-state index in [1.165, 1.54) is 0 Å². The van der Waals surface area contributed by atoms with Crippen LogP contribution in [0.15, 0.2) is 30.3 Å². The predicted octanol–water partition coefficient (Wildman–Crippen LogP) is 2.26. The van der Waals surface area contributed by atoms with E-state index in [9.17, 15) is 4.57 Å². The average Bonchev–Trinajstić information content (AvgIpc) is 2.04. The smallest absolute Gasteiger partial charge is 0.0812 e. The van der Waals surface area contributed by atoms with Crippen LogP contribution in [-0.2, 0) is 20.0 Å². The van der Waals surface area contributed by atoms with Gasteiger partial charge in [0.1, 0.15) is 0 Å². The molecule has 0 saturated carbocycles.